The molecule has 20 heavy (non-hydrogen) atoms. The summed E-state index contributed by atoms with van der Waals surface area (Å²) >= 11 is 0. The molecule has 1 aliphatic rings. The lowest BCUT2D eigenvalue weighted by atomic mass is 10.2. The minimum absolute atomic E-state index is 0.293. The van der Waals surface area contributed by atoms with Crippen molar-refractivity contribution in [2.24, 2.45) is 5.73 Å². The second-order valence-electron chi connectivity index (χ2n) is 5.15. The Morgan fingerprint density at radius 3 is 2.70 bits per heavy atom. The Balaban J connectivity index is 1.83. The van der Waals surface area contributed by atoms with Gasteiger partial charge in [-0.2, -0.15) is 0 Å². The molecule has 0 unspecified atom stereocenters. The van der Waals surface area contributed by atoms with Gasteiger partial charge in [0.1, 0.15) is 0 Å². The third kappa shape index (κ3) is 4.28. The number of rotatable bonds is 7. The van der Waals surface area contributed by atoms with Crippen molar-refractivity contribution in [3.05, 3.63) is 29.8 Å². The van der Waals surface area contributed by atoms with Crippen molar-refractivity contribution in [1.29, 1.82) is 0 Å². The van der Waals surface area contributed by atoms with Crippen molar-refractivity contribution >= 4 is 10.0 Å². The molecule has 3 N–H and O–H groups in total. The van der Waals surface area contributed by atoms with Gasteiger partial charge in [-0.1, -0.05) is 12.1 Å². The van der Waals surface area contributed by atoms with E-state index >= 15 is 0 Å². The number of hydrogen-bond donors (Lipinski definition) is 2. The van der Waals surface area contributed by atoms with Gasteiger partial charge in [0.2, 0.25) is 10.0 Å². The number of hydrogen-bond acceptors (Lipinski definition) is 4. The molecule has 6 heteroatoms. The first-order valence-corrected chi connectivity index (χ1v) is 8.61. The van der Waals surface area contributed by atoms with Gasteiger partial charge in [0.15, 0.2) is 0 Å². The lowest BCUT2D eigenvalue weighted by molar-refractivity contribution is 0.334. The predicted molar refractivity (Wildman–Crippen MR) is 79.8 cm³/mol. The van der Waals surface area contributed by atoms with E-state index in [1.165, 1.54) is 12.8 Å². The van der Waals surface area contributed by atoms with Crippen molar-refractivity contribution < 1.29 is 8.42 Å². The second kappa shape index (κ2) is 7.17. The zero-order valence-corrected chi connectivity index (χ0v) is 12.5. The summed E-state index contributed by atoms with van der Waals surface area (Å²) in [5, 5.41) is 0. The van der Waals surface area contributed by atoms with Crippen LogP contribution in [0.4, 0.5) is 0 Å². The summed E-state index contributed by atoms with van der Waals surface area (Å²) in [5.41, 5.74) is 6.36. The maximum absolute atomic E-state index is 12.1. The number of nitrogens with zero attached hydrogens (tertiary/aromatic N) is 1. The van der Waals surface area contributed by atoms with Crippen molar-refractivity contribution in [1.82, 2.24) is 9.62 Å². The molecule has 0 saturated carbocycles. The Morgan fingerprint density at radius 2 is 2.00 bits per heavy atom. The molecule has 0 aromatic heterocycles. The standard InChI is InChI=1S/C14H23N3O2S/c15-12-13-5-3-6-14(11-13)20(18,19)16-7-4-10-17-8-1-2-9-17/h3,5-6,11,16H,1-2,4,7-10,12,15H2. The van der Waals surface area contributed by atoms with Crippen LogP contribution in [0.25, 0.3) is 0 Å². The highest BCUT2D eigenvalue weighted by Crippen LogP contribution is 2.11. The molecule has 0 spiro atoms. The van der Waals surface area contributed by atoms with Gasteiger partial charge in [-0.25, -0.2) is 13.1 Å². The highest BCUT2D eigenvalue weighted by Gasteiger charge is 2.14. The maximum atomic E-state index is 12.1. The van der Waals surface area contributed by atoms with E-state index in [1.54, 1.807) is 18.2 Å². The van der Waals surface area contributed by atoms with Crippen LogP contribution in [0.15, 0.2) is 29.2 Å². The van der Waals surface area contributed by atoms with Crippen LogP contribution in [0.2, 0.25) is 0 Å². The van der Waals surface area contributed by atoms with Crippen LogP contribution in [-0.4, -0.2) is 39.5 Å². The van der Waals surface area contributed by atoms with E-state index in [2.05, 4.69) is 9.62 Å². The van der Waals surface area contributed by atoms with Crippen molar-refractivity contribution in [3.63, 3.8) is 0 Å². The molecule has 1 saturated heterocycles. The molecule has 0 atom stereocenters. The molecule has 0 aliphatic carbocycles. The minimum Gasteiger partial charge on any atom is -0.326 e. The quantitative estimate of drug-likeness (QED) is 0.734. The lowest BCUT2D eigenvalue weighted by Crippen LogP contribution is -2.28. The summed E-state index contributed by atoms with van der Waals surface area (Å²) < 4.78 is 26.9. The van der Waals surface area contributed by atoms with E-state index in [0.29, 0.717) is 18.0 Å². The molecule has 1 aliphatic heterocycles. The smallest absolute Gasteiger partial charge is 0.240 e. The molecule has 1 fully saturated rings. The summed E-state index contributed by atoms with van der Waals surface area (Å²) in [7, 11) is -3.41. The fourth-order valence-electron chi connectivity index (χ4n) is 2.44. The highest BCUT2D eigenvalue weighted by atomic mass is 32.2. The zero-order chi connectivity index (χ0) is 14.4. The average molecular weight is 297 g/mol. The van der Waals surface area contributed by atoms with E-state index in [9.17, 15) is 8.42 Å². The number of nitrogens with one attached hydrogen (secondary N) is 1. The molecule has 112 valence electrons. The molecule has 5 nitrogen and oxygen atoms in total. The predicted octanol–water partition coefficient (Wildman–Crippen LogP) is 0.909. The van der Waals surface area contributed by atoms with Crippen LogP contribution in [0.3, 0.4) is 0 Å². The largest absolute Gasteiger partial charge is 0.326 e. The van der Waals surface area contributed by atoms with Gasteiger partial charge in [0.05, 0.1) is 4.90 Å². The number of nitrogens with two attached hydrogens (primary N) is 1. The Hall–Kier alpha value is -0.950. The molecule has 0 radical (unpaired) electrons. The monoisotopic (exact) mass is 297 g/mol. The van der Waals surface area contributed by atoms with Gasteiger partial charge in [-0.15, -0.1) is 0 Å². The Morgan fingerprint density at radius 1 is 1.25 bits per heavy atom. The summed E-state index contributed by atoms with van der Waals surface area (Å²) in [6.45, 7) is 4.08. The minimum atomic E-state index is -3.41. The van der Waals surface area contributed by atoms with Crippen LogP contribution in [0, 0.1) is 0 Å². The van der Waals surface area contributed by atoms with Crippen LogP contribution in [-0.2, 0) is 16.6 Å². The molecular weight excluding hydrogens is 274 g/mol. The fraction of sp³-hybridized carbons (Fsp3) is 0.571. The average Bonchev–Trinajstić information content (AvgIpc) is 2.97. The van der Waals surface area contributed by atoms with Crippen molar-refractivity contribution in [2.45, 2.75) is 30.7 Å². The SMILES string of the molecule is NCc1cccc(S(=O)(=O)NCCCN2CCCC2)c1. The summed E-state index contributed by atoms with van der Waals surface area (Å²) in [6.07, 6.45) is 3.37. The van der Waals surface area contributed by atoms with E-state index in [0.717, 1.165) is 31.6 Å². The second-order valence-corrected chi connectivity index (χ2v) is 6.92. The van der Waals surface area contributed by atoms with Crippen LogP contribution in [0.5, 0.6) is 0 Å². The number of likely N-dealkylation sites (tertiary alicyclic amines) is 1. The first kappa shape index (κ1) is 15.4. The topological polar surface area (TPSA) is 75.4 Å². The first-order chi connectivity index (χ1) is 9.62. The zero-order valence-electron chi connectivity index (χ0n) is 11.7. The lowest BCUT2D eigenvalue weighted by Gasteiger charge is -2.14. The molecule has 2 rings (SSSR count). The Labute approximate surface area is 121 Å². The normalized spacial score (nSPS) is 16.6. The van der Waals surface area contributed by atoms with Gasteiger partial charge in [-0.05, 0) is 56.6 Å². The maximum Gasteiger partial charge on any atom is 0.240 e. The van der Waals surface area contributed by atoms with Gasteiger partial charge in [-0.3, -0.25) is 0 Å². The van der Waals surface area contributed by atoms with Crippen LogP contribution < -0.4 is 10.5 Å². The van der Waals surface area contributed by atoms with Crippen molar-refractivity contribution in [2.75, 3.05) is 26.2 Å². The number of benzene rings is 1. The molecule has 1 heterocycles. The molecule has 1 aromatic rings. The van der Waals surface area contributed by atoms with E-state index in [-0.39, 0.29) is 0 Å². The molecular formula is C14H23N3O2S. The van der Waals surface area contributed by atoms with E-state index in [1.807, 2.05) is 6.07 Å². The van der Waals surface area contributed by atoms with E-state index in [4.69, 9.17) is 5.73 Å². The third-order valence-electron chi connectivity index (χ3n) is 3.59. The molecule has 0 amide bonds. The van der Waals surface area contributed by atoms with Crippen molar-refractivity contribution in [3.8, 4) is 0 Å². The van der Waals surface area contributed by atoms with Gasteiger partial charge >= 0.3 is 0 Å². The summed E-state index contributed by atoms with van der Waals surface area (Å²) in [4.78, 5) is 2.67. The molecule has 0 bridgehead atoms. The Kier molecular flexibility index (Phi) is 5.54. The van der Waals surface area contributed by atoms with Crippen LogP contribution >= 0.6 is 0 Å². The summed E-state index contributed by atoms with van der Waals surface area (Å²) in [5.74, 6) is 0. The number of sulfonamides is 1. The van der Waals surface area contributed by atoms with Gasteiger partial charge < -0.3 is 10.6 Å². The third-order valence-corrected chi connectivity index (χ3v) is 5.05. The highest BCUT2D eigenvalue weighted by molar-refractivity contribution is 7.89. The van der Waals surface area contributed by atoms with E-state index < -0.39 is 10.0 Å². The summed E-state index contributed by atoms with van der Waals surface area (Å²) in [6, 6.07) is 6.78. The first-order valence-electron chi connectivity index (χ1n) is 7.13. The van der Waals surface area contributed by atoms with Gasteiger partial charge in [0, 0.05) is 13.1 Å². The fourth-order valence-corrected chi connectivity index (χ4v) is 3.58. The Bertz CT molecular complexity index is 525. The van der Waals surface area contributed by atoms with Crippen LogP contribution in [0.1, 0.15) is 24.8 Å². The molecule has 1 aromatic carbocycles. The van der Waals surface area contributed by atoms with Gasteiger partial charge in [0.25, 0.3) is 0 Å².